The average molecular weight is 659 g/mol. The Hall–Kier alpha value is -5.20. The van der Waals surface area contributed by atoms with Crippen molar-refractivity contribution in [3.05, 3.63) is 179 Å². The third-order valence-electron chi connectivity index (χ3n) is 12.1. The highest BCUT2D eigenvalue weighted by atomic mass is 14.4. The predicted molar refractivity (Wildman–Crippen MR) is 218 cm³/mol. The smallest absolute Gasteiger partial charge is 0.0215 e. The molecule has 0 aromatic heterocycles. The molecule has 0 heteroatoms. The van der Waals surface area contributed by atoms with Crippen LogP contribution in [0.1, 0.15) is 98.6 Å². The SMILES string of the molecule is CCCC1(CCC)c2cc(-c3ccc(C4=C(c5ccccc5)CC4)cc3)ccc2-c2ccc(-c3ccc(C4=C(c5ccccc5)CC4)cc3)cc21. The molecule has 6 aromatic rings. The third-order valence-corrected chi connectivity index (χ3v) is 12.1. The normalized spacial score (nSPS) is 15.6. The number of rotatable bonds is 10. The van der Waals surface area contributed by atoms with Gasteiger partial charge in [0, 0.05) is 5.41 Å². The van der Waals surface area contributed by atoms with Gasteiger partial charge >= 0.3 is 0 Å². The van der Waals surface area contributed by atoms with Crippen molar-refractivity contribution >= 4 is 22.3 Å². The molecule has 0 saturated carbocycles. The number of hydrogen-bond acceptors (Lipinski definition) is 0. The molecule has 0 bridgehead atoms. The van der Waals surface area contributed by atoms with Gasteiger partial charge in [-0.15, -0.1) is 0 Å². The number of allylic oxidation sites excluding steroid dienone is 4. The van der Waals surface area contributed by atoms with Crippen LogP contribution in [-0.2, 0) is 5.41 Å². The molecule has 0 spiro atoms. The van der Waals surface area contributed by atoms with E-state index in [1.165, 1.54) is 115 Å². The summed E-state index contributed by atoms with van der Waals surface area (Å²) in [6, 6.07) is 55.2. The molecule has 0 aliphatic heterocycles. The van der Waals surface area contributed by atoms with Crippen LogP contribution in [0, 0.1) is 0 Å². The average Bonchev–Trinajstić information content (AvgIpc) is 3.40. The molecule has 0 radical (unpaired) electrons. The fourth-order valence-electron chi connectivity index (χ4n) is 9.40. The monoisotopic (exact) mass is 658 g/mol. The minimum Gasteiger partial charge on any atom is -0.0653 e. The van der Waals surface area contributed by atoms with Crippen LogP contribution in [0.15, 0.2) is 146 Å². The zero-order chi connectivity index (χ0) is 34.4. The van der Waals surface area contributed by atoms with E-state index in [1.807, 2.05) is 0 Å². The molecule has 250 valence electrons. The van der Waals surface area contributed by atoms with Crippen molar-refractivity contribution in [1.82, 2.24) is 0 Å². The fraction of sp³-hybridized carbons (Fsp3) is 0.216. The van der Waals surface area contributed by atoms with Gasteiger partial charge in [-0.3, -0.25) is 0 Å². The largest absolute Gasteiger partial charge is 0.0653 e. The van der Waals surface area contributed by atoms with Gasteiger partial charge in [-0.25, -0.2) is 0 Å². The second-order valence-electron chi connectivity index (χ2n) is 14.9. The van der Waals surface area contributed by atoms with E-state index < -0.39 is 0 Å². The Balaban J connectivity index is 1.04. The minimum absolute atomic E-state index is 0.0305. The summed E-state index contributed by atoms with van der Waals surface area (Å²) in [6.45, 7) is 4.72. The first-order chi connectivity index (χ1) is 25.2. The summed E-state index contributed by atoms with van der Waals surface area (Å²) in [4.78, 5) is 0. The number of benzene rings is 6. The van der Waals surface area contributed by atoms with Crippen LogP contribution in [0.3, 0.4) is 0 Å². The highest BCUT2D eigenvalue weighted by Crippen LogP contribution is 2.55. The Labute approximate surface area is 304 Å². The van der Waals surface area contributed by atoms with Gasteiger partial charge in [0.05, 0.1) is 0 Å². The van der Waals surface area contributed by atoms with Crippen LogP contribution >= 0.6 is 0 Å². The van der Waals surface area contributed by atoms with E-state index in [4.69, 9.17) is 0 Å². The molecule has 0 heterocycles. The van der Waals surface area contributed by atoms with E-state index in [-0.39, 0.29) is 5.41 Å². The Morgan fingerprint density at radius 2 is 0.667 bits per heavy atom. The van der Waals surface area contributed by atoms with Crippen LogP contribution in [0.2, 0.25) is 0 Å². The van der Waals surface area contributed by atoms with Gasteiger partial charge in [0.15, 0.2) is 0 Å². The zero-order valence-electron chi connectivity index (χ0n) is 30.0. The second kappa shape index (κ2) is 13.2. The van der Waals surface area contributed by atoms with Crippen molar-refractivity contribution in [2.24, 2.45) is 0 Å². The lowest BCUT2D eigenvalue weighted by Gasteiger charge is -2.32. The van der Waals surface area contributed by atoms with E-state index in [2.05, 4.69) is 159 Å². The van der Waals surface area contributed by atoms with E-state index in [0.717, 1.165) is 25.7 Å². The molecule has 0 saturated heterocycles. The van der Waals surface area contributed by atoms with E-state index in [0.29, 0.717) is 0 Å². The number of fused-ring (bicyclic) bond motifs is 3. The van der Waals surface area contributed by atoms with Gasteiger partial charge in [-0.2, -0.15) is 0 Å². The maximum Gasteiger partial charge on any atom is 0.0215 e. The quantitative estimate of drug-likeness (QED) is 0.137. The van der Waals surface area contributed by atoms with Crippen molar-refractivity contribution in [2.75, 3.05) is 0 Å². The van der Waals surface area contributed by atoms with E-state index in [1.54, 1.807) is 0 Å². The summed E-state index contributed by atoms with van der Waals surface area (Å²) in [6.07, 6.45) is 9.32. The van der Waals surface area contributed by atoms with Gasteiger partial charge in [-0.05, 0) is 140 Å². The van der Waals surface area contributed by atoms with Crippen LogP contribution < -0.4 is 0 Å². The maximum atomic E-state index is 2.54. The first-order valence-electron chi connectivity index (χ1n) is 19.2. The highest BCUT2D eigenvalue weighted by molar-refractivity contribution is 5.98. The molecule has 0 nitrogen and oxygen atoms in total. The first-order valence-corrected chi connectivity index (χ1v) is 19.2. The molecule has 0 amide bonds. The third kappa shape index (κ3) is 5.44. The standard InChI is InChI=1S/C51H46/c1-3-31-51(32-4-2)49-33-41(35-15-19-39(20-16-35)45-29-27-43(45)37-11-7-5-8-12-37)23-25-47(49)48-26-24-42(34-50(48)51)36-17-21-40(22-18-36)46-30-28-44(46)38-13-9-6-10-14-38/h5-26,33-34H,3-4,27-32H2,1-2H3. The summed E-state index contributed by atoms with van der Waals surface area (Å²) < 4.78 is 0. The molecular weight excluding hydrogens is 613 g/mol. The van der Waals surface area contributed by atoms with E-state index >= 15 is 0 Å². The highest BCUT2D eigenvalue weighted by Gasteiger charge is 2.42. The lowest BCUT2D eigenvalue weighted by molar-refractivity contribution is 0.436. The molecule has 0 unspecified atom stereocenters. The Morgan fingerprint density at radius 1 is 0.353 bits per heavy atom. The summed E-state index contributed by atoms with van der Waals surface area (Å²) in [7, 11) is 0. The van der Waals surface area contributed by atoms with Gasteiger partial charge in [0.25, 0.3) is 0 Å². The van der Waals surface area contributed by atoms with Crippen molar-refractivity contribution in [3.63, 3.8) is 0 Å². The molecule has 0 fully saturated rings. The van der Waals surface area contributed by atoms with Gasteiger partial charge in [0.2, 0.25) is 0 Å². The van der Waals surface area contributed by atoms with Gasteiger partial charge in [-0.1, -0.05) is 160 Å². The van der Waals surface area contributed by atoms with Gasteiger partial charge in [0.1, 0.15) is 0 Å². The van der Waals surface area contributed by atoms with Crippen molar-refractivity contribution in [2.45, 2.75) is 70.6 Å². The molecule has 0 N–H and O–H groups in total. The first kappa shape index (κ1) is 31.8. The van der Waals surface area contributed by atoms with E-state index in [9.17, 15) is 0 Å². The predicted octanol–water partition coefficient (Wildman–Crippen LogP) is 14.3. The lowest BCUT2D eigenvalue weighted by Crippen LogP contribution is -2.25. The molecule has 0 atom stereocenters. The van der Waals surface area contributed by atoms with Crippen LogP contribution in [0.4, 0.5) is 0 Å². The number of hydrogen-bond donors (Lipinski definition) is 0. The summed E-state index contributed by atoms with van der Waals surface area (Å²) >= 11 is 0. The molecule has 6 aromatic carbocycles. The molecule has 3 aliphatic rings. The van der Waals surface area contributed by atoms with Crippen molar-refractivity contribution < 1.29 is 0 Å². The van der Waals surface area contributed by atoms with Crippen LogP contribution in [0.5, 0.6) is 0 Å². The van der Waals surface area contributed by atoms with Gasteiger partial charge < -0.3 is 0 Å². The summed E-state index contributed by atoms with van der Waals surface area (Å²) in [5.41, 5.74) is 22.7. The Morgan fingerprint density at radius 3 is 1.00 bits per heavy atom. The lowest BCUT2D eigenvalue weighted by atomic mass is 9.71. The second-order valence-corrected chi connectivity index (χ2v) is 14.9. The summed E-state index contributed by atoms with van der Waals surface area (Å²) in [5.74, 6) is 0. The van der Waals surface area contributed by atoms with Crippen LogP contribution in [-0.4, -0.2) is 0 Å². The fourth-order valence-corrected chi connectivity index (χ4v) is 9.40. The summed E-state index contributed by atoms with van der Waals surface area (Å²) in [5, 5.41) is 0. The topological polar surface area (TPSA) is 0 Å². The molecule has 3 aliphatic carbocycles. The van der Waals surface area contributed by atoms with Crippen LogP contribution in [0.25, 0.3) is 55.7 Å². The maximum absolute atomic E-state index is 2.54. The minimum atomic E-state index is 0.0305. The molecule has 9 rings (SSSR count). The Bertz CT molecular complexity index is 2110. The zero-order valence-corrected chi connectivity index (χ0v) is 30.0. The molecular formula is C51H46. The Kier molecular flexibility index (Phi) is 8.20. The van der Waals surface area contributed by atoms with Crippen molar-refractivity contribution in [1.29, 1.82) is 0 Å². The van der Waals surface area contributed by atoms with Crippen molar-refractivity contribution in [3.8, 4) is 33.4 Å². The molecule has 51 heavy (non-hydrogen) atoms.